The molecule has 1 unspecified atom stereocenters. The Balaban J connectivity index is 4.64. The Morgan fingerprint density at radius 2 is 1.19 bits per heavy atom. The van der Waals surface area contributed by atoms with Crippen molar-refractivity contribution in [1.29, 1.82) is 0 Å². The third kappa shape index (κ3) is 40.0. The molecule has 0 spiro atoms. The summed E-state index contributed by atoms with van der Waals surface area (Å²) in [6, 6.07) is 0. The molecule has 0 aliphatic heterocycles. The second-order valence-corrected chi connectivity index (χ2v) is 16.9. The zero-order valence-electron chi connectivity index (χ0n) is 36.0. The van der Waals surface area contributed by atoms with E-state index in [0.29, 0.717) is 43.1 Å². The number of nitrogens with zero attached hydrogens (tertiary/aromatic N) is 1. The standard InChI is InChI=1S/C45H78NO10P/c1-6-8-10-11-12-13-14-15-16-17-21-29-35-44(49)53-39-43(40-55-57(51,52)54-38-37-46(3,4)5)56-45(50)36-30-22-19-18-20-26-32-42(48)34-28-24-23-27-33-41(47)31-25-9-7-2/h9,19-20,22-28,33-34,41-43,47-48H,6-8,10-18,21,29-32,35-40H2,1-5H3/p+1/b22-19-,24-23-,25-9-,26-20-,33-27+,34-28+/t41-,42+,43+/m0/s1. The van der Waals surface area contributed by atoms with Crippen molar-refractivity contribution in [2.75, 3.05) is 47.5 Å². The van der Waals surface area contributed by atoms with E-state index in [0.717, 1.165) is 25.7 Å². The van der Waals surface area contributed by atoms with Crippen LogP contribution in [0.5, 0.6) is 0 Å². The second-order valence-electron chi connectivity index (χ2n) is 15.4. The molecule has 0 radical (unpaired) electrons. The van der Waals surface area contributed by atoms with Gasteiger partial charge >= 0.3 is 19.8 Å². The molecule has 0 aliphatic rings. The van der Waals surface area contributed by atoms with Crippen molar-refractivity contribution in [2.45, 2.75) is 154 Å². The Morgan fingerprint density at radius 1 is 0.649 bits per heavy atom. The minimum Gasteiger partial charge on any atom is -0.462 e. The number of likely N-dealkylation sites (N-methyl/N-ethyl adjacent to an activating group) is 1. The first-order valence-electron chi connectivity index (χ1n) is 21.4. The highest BCUT2D eigenvalue weighted by atomic mass is 31.2. The number of carbonyl (C=O) groups excluding carboxylic acids is 2. The van der Waals surface area contributed by atoms with E-state index >= 15 is 0 Å². The number of unbranched alkanes of at least 4 members (excludes halogenated alkanes) is 11. The van der Waals surface area contributed by atoms with Gasteiger partial charge in [0.25, 0.3) is 0 Å². The van der Waals surface area contributed by atoms with Crippen molar-refractivity contribution in [3.8, 4) is 0 Å². The molecule has 57 heavy (non-hydrogen) atoms. The van der Waals surface area contributed by atoms with Gasteiger partial charge < -0.3 is 29.1 Å². The molecule has 0 aromatic heterocycles. The highest BCUT2D eigenvalue weighted by Crippen LogP contribution is 2.43. The molecule has 0 saturated carbocycles. The number of quaternary nitrogens is 1. The summed E-state index contributed by atoms with van der Waals surface area (Å²) in [4.78, 5) is 35.3. The smallest absolute Gasteiger partial charge is 0.462 e. The van der Waals surface area contributed by atoms with Gasteiger partial charge in [-0.05, 0) is 38.5 Å². The number of carbonyl (C=O) groups is 2. The minimum absolute atomic E-state index is 0.00445. The fraction of sp³-hybridized carbons (Fsp3) is 0.689. The molecule has 3 N–H and O–H groups in total. The lowest BCUT2D eigenvalue weighted by atomic mass is 10.0. The predicted molar refractivity (Wildman–Crippen MR) is 231 cm³/mol. The van der Waals surface area contributed by atoms with Crippen LogP contribution in [0.25, 0.3) is 0 Å². The number of aliphatic hydroxyl groups excluding tert-OH is 2. The molecule has 4 atom stereocenters. The zero-order chi connectivity index (χ0) is 42.5. The highest BCUT2D eigenvalue weighted by molar-refractivity contribution is 7.47. The lowest BCUT2D eigenvalue weighted by Crippen LogP contribution is -2.37. The number of aliphatic hydroxyl groups is 2. The fourth-order valence-electron chi connectivity index (χ4n) is 5.27. The number of phosphoric ester groups is 1. The number of rotatable bonds is 37. The average molecular weight is 825 g/mol. The molecular weight excluding hydrogens is 745 g/mol. The lowest BCUT2D eigenvalue weighted by Gasteiger charge is -2.24. The topological polar surface area (TPSA) is 149 Å². The first kappa shape index (κ1) is 54.4. The van der Waals surface area contributed by atoms with Crippen molar-refractivity contribution in [3.05, 3.63) is 72.9 Å². The average Bonchev–Trinajstić information content (AvgIpc) is 3.15. The van der Waals surface area contributed by atoms with E-state index in [4.69, 9.17) is 18.5 Å². The fourth-order valence-corrected chi connectivity index (χ4v) is 6.01. The molecule has 0 amide bonds. The maximum atomic E-state index is 12.6. The Bertz CT molecular complexity index is 1240. The summed E-state index contributed by atoms with van der Waals surface area (Å²) in [5.41, 5.74) is 0. The molecule has 0 heterocycles. The third-order valence-corrected chi connectivity index (χ3v) is 9.67. The van der Waals surface area contributed by atoms with Gasteiger partial charge in [0.15, 0.2) is 6.10 Å². The third-order valence-electron chi connectivity index (χ3n) is 8.68. The molecule has 328 valence electrons. The number of ether oxygens (including phenoxy) is 2. The van der Waals surface area contributed by atoms with Gasteiger partial charge in [-0.25, -0.2) is 4.57 Å². The lowest BCUT2D eigenvalue weighted by molar-refractivity contribution is -0.870. The van der Waals surface area contributed by atoms with Crippen LogP contribution in [0.2, 0.25) is 0 Å². The summed E-state index contributed by atoms with van der Waals surface area (Å²) >= 11 is 0. The molecule has 0 saturated heterocycles. The molecule has 0 aromatic rings. The number of hydrogen-bond donors (Lipinski definition) is 3. The molecule has 0 bridgehead atoms. The van der Waals surface area contributed by atoms with Gasteiger partial charge in [0.1, 0.15) is 19.8 Å². The number of phosphoric acid groups is 1. The first-order valence-corrected chi connectivity index (χ1v) is 22.9. The molecule has 0 rings (SSSR count). The van der Waals surface area contributed by atoms with Crippen LogP contribution in [-0.2, 0) is 32.7 Å². The van der Waals surface area contributed by atoms with Gasteiger partial charge in [0.05, 0.1) is 40.0 Å². The normalized spacial score (nSPS) is 15.4. The van der Waals surface area contributed by atoms with E-state index in [2.05, 4.69) is 6.92 Å². The van der Waals surface area contributed by atoms with Crippen LogP contribution < -0.4 is 0 Å². The Labute approximate surface area is 345 Å². The maximum Gasteiger partial charge on any atom is 0.472 e. The molecule has 11 nitrogen and oxygen atoms in total. The molecule has 12 heteroatoms. The first-order chi connectivity index (χ1) is 27.3. The number of allylic oxidation sites excluding steroid dienone is 8. The Morgan fingerprint density at radius 3 is 1.75 bits per heavy atom. The predicted octanol–water partition coefficient (Wildman–Crippen LogP) is 9.79. The quantitative estimate of drug-likeness (QED) is 0.0138. The van der Waals surface area contributed by atoms with Gasteiger partial charge in [-0.2, -0.15) is 0 Å². The van der Waals surface area contributed by atoms with E-state index in [1.807, 2.05) is 64.5 Å². The van der Waals surface area contributed by atoms with E-state index in [9.17, 15) is 29.3 Å². The van der Waals surface area contributed by atoms with Crippen molar-refractivity contribution in [2.24, 2.45) is 0 Å². The highest BCUT2D eigenvalue weighted by Gasteiger charge is 2.27. The summed E-state index contributed by atoms with van der Waals surface area (Å²) < 4.78 is 34.1. The molecule has 0 aromatic carbocycles. The summed E-state index contributed by atoms with van der Waals surface area (Å²) in [5.74, 6) is -0.971. The minimum atomic E-state index is -4.42. The van der Waals surface area contributed by atoms with Gasteiger partial charge in [-0.3, -0.25) is 18.6 Å². The van der Waals surface area contributed by atoms with Gasteiger partial charge in [0.2, 0.25) is 0 Å². The monoisotopic (exact) mass is 825 g/mol. The summed E-state index contributed by atoms with van der Waals surface area (Å²) in [7, 11) is 1.35. The van der Waals surface area contributed by atoms with E-state index in [-0.39, 0.29) is 26.1 Å². The zero-order valence-corrected chi connectivity index (χ0v) is 36.9. The van der Waals surface area contributed by atoms with Gasteiger partial charge in [-0.15, -0.1) is 0 Å². The van der Waals surface area contributed by atoms with Crippen LogP contribution in [-0.4, -0.2) is 97.3 Å². The van der Waals surface area contributed by atoms with Crippen LogP contribution in [0.1, 0.15) is 136 Å². The van der Waals surface area contributed by atoms with Gasteiger partial charge in [0, 0.05) is 12.8 Å². The van der Waals surface area contributed by atoms with Crippen molar-refractivity contribution >= 4 is 19.8 Å². The van der Waals surface area contributed by atoms with Gasteiger partial charge in [-0.1, -0.05) is 157 Å². The van der Waals surface area contributed by atoms with Crippen molar-refractivity contribution in [1.82, 2.24) is 0 Å². The Kier molecular flexibility index (Phi) is 34.8. The number of hydrogen-bond acceptors (Lipinski definition) is 9. The second kappa shape index (κ2) is 36.4. The summed E-state index contributed by atoms with van der Waals surface area (Å²) in [6.07, 6.45) is 37.4. The van der Waals surface area contributed by atoms with Crippen LogP contribution in [0.15, 0.2) is 72.9 Å². The molecule has 0 aliphatic carbocycles. The number of esters is 2. The van der Waals surface area contributed by atoms with E-state index in [1.54, 1.807) is 36.5 Å². The SMILES string of the molecule is CC/C=C\C[C@H](O)/C=C/C=C\C=C\[C@H](O)C/C=C\C/C=C\CCC(=O)O[C@H](COC(=O)CCCCCCCCCCCCCC)COP(=O)(O)OCC[N+](C)(C)C. The van der Waals surface area contributed by atoms with Crippen LogP contribution in [0.3, 0.4) is 0 Å². The van der Waals surface area contributed by atoms with Crippen LogP contribution in [0.4, 0.5) is 0 Å². The maximum absolute atomic E-state index is 12.6. The molecule has 0 fully saturated rings. The molecular formula is C45H79NO10P+. The van der Waals surface area contributed by atoms with Crippen LogP contribution >= 0.6 is 7.82 Å². The van der Waals surface area contributed by atoms with E-state index < -0.39 is 44.7 Å². The Hall–Kier alpha value is -2.63. The largest absolute Gasteiger partial charge is 0.472 e. The van der Waals surface area contributed by atoms with E-state index in [1.165, 1.54) is 51.4 Å². The summed E-state index contributed by atoms with van der Waals surface area (Å²) in [6.45, 7) is 4.00. The van der Waals surface area contributed by atoms with Crippen molar-refractivity contribution in [3.63, 3.8) is 0 Å². The van der Waals surface area contributed by atoms with Crippen molar-refractivity contribution < 1.29 is 52.3 Å². The van der Waals surface area contributed by atoms with Crippen LogP contribution in [0, 0.1) is 0 Å². The summed E-state index contributed by atoms with van der Waals surface area (Å²) in [5, 5.41) is 20.0.